The second-order valence-corrected chi connectivity index (χ2v) is 6.82. The standard InChI is InChI=1S/C14H20BrN3O2/c1-14(2,3)13(19)20-18-6-4-17(5-7-18)12-8-11(15)9-16-10-12/h8-10H,4-7H2,1-3H3. The smallest absolute Gasteiger partial charge is 0.330 e. The van der Waals surface area contributed by atoms with Gasteiger partial charge in [-0.1, -0.05) is 0 Å². The van der Waals surface area contributed by atoms with E-state index in [0.29, 0.717) is 13.1 Å². The Kier molecular flexibility index (Phi) is 4.65. The fraction of sp³-hybridized carbons (Fsp3) is 0.571. The third kappa shape index (κ3) is 3.93. The molecule has 1 aromatic rings. The van der Waals surface area contributed by atoms with E-state index in [1.165, 1.54) is 0 Å². The Hall–Kier alpha value is -1.14. The Morgan fingerprint density at radius 2 is 1.90 bits per heavy atom. The minimum absolute atomic E-state index is 0.185. The first-order valence-electron chi connectivity index (χ1n) is 6.69. The zero-order valence-electron chi connectivity index (χ0n) is 12.1. The summed E-state index contributed by atoms with van der Waals surface area (Å²) >= 11 is 3.43. The van der Waals surface area contributed by atoms with Crippen LogP contribution in [0, 0.1) is 5.41 Å². The highest BCUT2D eigenvalue weighted by molar-refractivity contribution is 9.10. The minimum atomic E-state index is -0.467. The van der Waals surface area contributed by atoms with Gasteiger partial charge in [-0.05, 0) is 42.8 Å². The van der Waals surface area contributed by atoms with Gasteiger partial charge in [0.15, 0.2) is 0 Å². The van der Waals surface area contributed by atoms with E-state index in [4.69, 9.17) is 4.84 Å². The Morgan fingerprint density at radius 3 is 2.45 bits per heavy atom. The summed E-state index contributed by atoms with van der Waals surface area (Å²) in [6.07, 6.45) is 3.62. The maximum absolute atomic E-state index is 11.8. The largest absolute Gasteiger partial charge is 0.367 e. The van der Waals surface area contributed by atoms with Crippen molar-refractivity contribution < 1.29 is 9.63 Å². The monoisotopic (exact) mass is 341 g/mol. The van der Waals surface area contributed by atoms with Gasteiger partial charge in [-0.25, -0.2) is 4.79 Å². The molecule has 0 saturated carbocycles. The van der Waals surface area contributed by atoms with Gasteiger partial charge in [0.05, 0.1) is 30.4 Å². The number of carbonyl (C=O) groups is 1. The van der Waals surface area contributed by atoms with Crippen molar-refractivity contribution in [3.63, 3.8) is 0 Å². The maximum atomic E-state index is 11.8. The molecule has 0 unspecified atom stereocenters. The van der Waals surface area contributed by atoms with Crippen molar-refractivity contribution in [1.29, 1.82) is 0 Å². The lowest BCUT2D eigenvalue weighted by atomic mass is 9.98. The molecule has 0 bridgehead atoms. The van der Waals surface area contributed by atoms with Gasteiger partial charge in [-0.3, -0.25) is 4.98 Å². The maximum Gasteiger partial charge on any atom is 0.330 e. The highest BCUT2D eigenvalue weighted by Crippen LogP contribution is 2.21. The van der Waals surface area contributed by atoms with Crippen LogP contribution in [0.5, 0.6) is 0 Å². The average Bonchev–Trinajstić information content (AvgIpc) is 2.38. The Labute approximate surface area is 128 Å². The van der Waals surface area contributed by atoms with Crippen LogP contribution >= 0.6 is 15.9 Å². The molecule has 6 heteroatoms. The van der Waals surface area contributed by atoms with E-state index in [1.807, 2.05) is 33.0 Å². The van der Waals surface area contributed by atoms with Gasteiger partial charge in [0.2, 0.25) is 0 Å². The molecule has 0 aromatic carbocycles. The van der Waals surface area contributed by atoms with E-state index in [0.717, 1.165) is 23.2 Å². The molecule has 1 aliphatic heterocycles. The van der Waals surface area contributed by atoms with Crippen molar-refractivity contribution in [1.82, 2.24) is 10.0 Å². The van der Waals surface area contributed by atoms with Crippen LogP contribution in [0.25, 0.3) is 0 Å². The molecule has 0 radical (unpaired) electrons. The molecule has 110 valence electrons. The van der Waals surface area contributed by atoms with E-state index in [1.54, 1.807) is 11.3 Å². The number of rotatable bonds is 2. The molecule has 1 aromatic heterocycles. The van der Waals surface area contributed by atoms with Gasteiger partial charge in [0.1, 0.15) is 0 Å². The van der Waals surface area contributed by atoms with Gasteiger partial charge in [-0.2, -0.15) is 0 Å². The molecule has 2 rings (SSSR count). The van der Waals surface area contributed by atoms with Gasteiger partial charge >= 0.3 is 5.97 Å². The molecule has 5 nitrogen and oxygen atoms in total. The summed E-state index contributed by atoms with van der Waals surface area (Å²) in [6.45, 7) is 8.62. The highest BCUT2D eigenvalue weighted by Gasteiger charge is 2.27. The summed E-state index contributed by atoms with van der Waals surface area (Å²) in [6, 6.07) is 2.05. The summed E-state index contributed by atoms with van der Waals surface area (Å²) in [5.41, 5.74) is 0.618. The molecule has 0 N–H and O–H groups in total. The number of hydroxylamine groups is 2. The van der Waals surface area contributed by atoms with Gasteiger partial charge in [0.25, 0.3) is 0 Å². The van der Waals surface area contributed by atoms with Crippen molar-refractivity contribution in [2.75, 3.05) is 31.1 Å². The number of hydrogen-bond donors (Lipinski definition) is 0. The van der Waals surface area contributed by atoms with Crippen LogP contribution in [0.1, 0.15) is 20.8 Å². The van der Waals surface area contributed by atoms with E-state index in [2.05, 4.69) is 25.8 Å². The number of carbonyl (C=O) groups excluding carboxylic acids is 1. The summed E-state index contributed by atoms with van der Waals surface area (Å²) in [5.74, 6) is -0.185. The molecule has 0 aliphatic carbocycles. The topological polar surface area (TPSA) is 45.7 Å². The van der Waals surface area contributed by atoms with Crippen LogP contribution in [0.3, 0.4) is 0 Å². The number of hydrogen-bond acceptors (Lipinski definition) is 5. The van der Waals surface area contributed by atoms with Gasteiger partial charge in [-0.15, -0.1) is 5.06 Å². The van der Waals surface area contributed by atoms with Crippen LogP contribution in [0.2, 0.25) is 0 Å². The number of anilines is 1. The Bertz CT molecular complexity index is 480. The summed E-state index contributed by atoms with van der Waals surface area (Å²) < 4.78 is 0.969. The molecule has 1 aliphatic rings. The molecule has 0 amide bonds. The fourth-order valence-electron chi connectivity index (χ4n) is 1.87. The van der Waals surface area contributed by atoms with Crippen molar-refractivity contribution >= 4 is 27.6 Å². The van der Waals surface area contributed by atoms with E-state index in [-0.39, 0.29) is 5.97 Å². The lowest BCUT2D eigenvalue weighted by Gasteiger charge is -2.35. The lowest BCUT2D eigenvalue weighted by molar-refractivity contribution is -0.201. The fourth-order valence-corrected chi connectivity index (χ4v) is 2.22. The molecule has 0 spiro atoms. The molecule has 1 saturated heterocycles. The van der Waals surface area contributed by atoms with Crippen molar-refractivity contribution in [3.8, 4) is 0 Å². The molecular formula is C14H20BrN3O2. The van der Waals surface area contributed by atoms with Crippen molar-refractivity contribution in [2.45, 2.75) is 20.8 Å². The number of pyridine rings is 1. The number of aromatic nitrogens is 1. The van der Waals surface area contributed by atoms with Crippen LogP contribution < -0.4 is 4.90 Å². The first kappa shape index (κ1) is 15.3. The molecular weight excluding hydrogens is 322 g/mol. The number of piperazine rings is 1. The van der Waals surface area contributed by atoms with Gasteiger partial charge < -0.3 is 9.74 Å². The van der Waals surface area contributed by atoms with E-state index < -0.39 is 5.41 Å². The zero-order valence-corrected chi connectivity index (χ0v) is 13.7. The first-order chi connectivity index (χ1) is 9.36. The normalized spacial score (nSPS) is 17.1. The van der Waals surface area contributed by atoms with Crippen LogP contribution in [0.15, 0.2) is 22.9 Å². The Balaban J connectivity index is 1.88. The summed E-state index contributed by atoms with van der Waals surface area (Å²) in [5, 5.41) is 1.75. The predicted octanol–water partition coefficient (Wildman–Crippen LogP) is 2.47. The average molecular weight is 342 g/mol. The zero-order chi connectivity index (χ0) is 14.8. The lowest BCUT2D eigenvalue weighted by Crippen LogP contribution is -2.48. The van der Waals surface area contributed by atoms with Crippen molar-refractivity contribution in [2.24, 2.45) is 5.41 Å². The Morgan fingerprint density at radius 1 is 1.25 bits per heavy atom. The van der Waals surface area contributed by atoms with Crippen LogP contribution in [-0.4, -0.2) is 42.2 Å². The third-order valence-corrected chi connectivity index (χ3v) is 3.55. The molecule has 20 heavy (non-hydrogen) atoms. The van der Waals surface area contributed by atoms with Crippen LogP contribution in [0.4, 0.5) is 5.69 Å². The van der Waals surface area contributed by atoms with E-state index in [9.17, 15) is 4.79 Å². The predicted molar refractivity (Wildman–Crippen MR) is 81.3 cm³/mol. The second-order valence-electron chi connectivity index (χ2n) is 5.91. The van der Waals surface area contributed by atoms with E-state index >= 15 is 0 Å². The van der Waals surface area contributed by atoms with Crippen LogP contribution in [-0.2, 0) is 9.63 Å². The molecule has 2 heterocycles. The summed E-state index contributed by atoms with van der Waals surface area (Å²) in [4.78, 5) is 23.6. The first-order valence-corrected chi connectivity index (χ1v) is 7.48. The summed E-state index contributed by atoms with van der Waals surface area (Å²) in [7, 11) is 0. The highest BCUT2D eigenvalue weighted by atomic mass is 79.9. The SMILES string of the molecule is CC(C)(C)C(=O)ON1CCN(c2cncc(Br)c2)CC1. The minimum Gasteiger partial charge on any atom is -0.367 e. The number of halogens is 1. The van der Waals surface area contributed by atoms with Crippen molar-refractivity contribution in [3.05, 3.63) is 22.9 Å². The number of nitrogens with zero attached hydrogens (tertiary/aromatic N) is 3. The quantitative estimate of drug-likeness (QED) is 0.826. The van der Waals surface area contributed by atoms with Gasteiger partial charge in [0, 0.05) is 23.8 Å². The molecule has 0 atom stereocenters. The molecule has 1 fully saturated rings. The third-order valence-electron chi connectivity index (χ3n) is 3.12. The second kappa shape index (κ2) is 6.10.